The third-order valence-corrected chi connectivity index (χ3v) is 5.48. The van der Waals surface area contributed by atoms with E-state index in [9.17, 15) is 9.59 Å². The smallest absolute Gasteiger partial charge is 0.317 e. The highest BCUT2D eigenvalue weighted by Gasteiger charge is 2.39. The van der Waals surface area contributed by atoms with E-state index in [1.54, 1.807) is 20.1 Å². The highest BCUT2D eigenvalue weighted by molar-refractivity contribution is 6.10. The molecule has 152 valence electrons. The van der Waals surface area contributed by atoms with Crippen LogP contribution in [0.3, 0.4) is 0 Å². The van der Waals surface area contributed by atoms with Gasteiger partial charge in [0.05, 0.1) is 13.7 Å². The summed E-state index contributed by atoms with van der Waals surface area (Å²) in [5.74, 6) is -0.559. The number of hydrogen-bond acceptors (Lipinski definition) is 4. The fourth-order valence-corrected chi connectivity index (χ4v) is 3.85. The fraction of sp³-hybridized carbons (Fsp3) is 0.360. The molecule has 0 spiro atoms. The van der Waals surface area contributed by atoms with E-state index in [2.05, 4.69) is 26.0 Å². The first-order valence-electron chi connectivity index (χ1n) is 10.1. The molecule has 0 N–H and O–H groups in total. The molecule has 0 bridgehead atoms. The quantitative estimate of drug-likeness (QED) is 0.505. The first-order valence-corrected chi connectivity index (χ1v) is 10.1. The maximum absolute atomic E-state index is 13.0. The number of allylic oxidation sites excluding steroid dienone is 2. The summed E-state index contributed by atoms with van der Waals surface area (Å²) in [6.45, 7) is 6.30. The van der Waals surface area contributed by atoms with Crippen molar-refractivity contribution in [1.29, 1.82) is 0 Å². The summed E-state index contributed by atoms with van der Waals surface area (Å²) >= 11 is 0. The lowest BCUT2D eigenvalue weighted by atomic mass is 9.73. The summed E-state index contributed by atoms with van der Waals surface area (Å²) in [5.41, 5.74) is 4.05. The number of carbonyl (C=O) groups is 2. The first-order chi connectivity index (χ1) is 13.9. The molecule has 2 atom stereocenters. The average Bonchev–Trinajstić information content (AvgIpc) is 2.73. The van der Waals surface area contributed by atoms with Gasteiger partial charge in [-0.1, -0.05) is 50.2 Å². The Bertz CT molecular complexity index is 909. The van der Waals surface area contributed by atoms with Crippen molar-refractivity contribution in [3.05, 3.63) is 71.3 Å². The normalized spacial score (nSPS) is 19.1. The summed E-state index contributed by atoms with van der Waals surface area (Å²) in [6, 6.07) is 15.9. The highest BCUT2D eigenvalue weighted by atomic mass is 16.5. The van der Waals surface area contributed by atoms with Crippen LogP contribution in [0.2, 0.25) is 0 Å². The van der Waals surface area contributed by atoms with Crippen molar-refractivity contribution < 1.29 is 19.1 Å². The van der Waals surface area contributed by atoms with Gasteiger partial charge in [0.15, 0.2) is 5.78 Å². The van der Waals surface area contributed by atoms with E-state index in [0.29, 0.717) is 12.3 Å². The molecular formula is C25H28O4. The van der Waals surface area contributed by atoms with Crippen molar-refractivity contribution in [3.63, 3.8) is 0 Å². The van der Waals surface area contributed by atoms with Gasteiger partial charge in [-0.15, -0.1) is 0 Å². The predicted molar refractivity (Wildman–Crippen MR) is 114 cm³/mol. The van der Waals surface area contributed by atoms with Crippen LogP contribution >= 0.6 is 0 Å². The lowest BCUT2D eigenvalue weighted by molar-refractivity contribution is -0.151. The van der Waals surface area contributed by atoms with Crippen LogP contribution in [0.15, 0.2) is 54.6 Å². The summed E-state index contributed by atoms with van der Waals surface area (Å²) < 4.78 is 10.6. The third kappa shape index (κ3) is 4.58. The number of ether oxygens (including phenoxy) is 2. The van der Waals surface area contributed by atoms with E-state index in [1.807, 2.05) is 36.4 Å². The molecule has 2 aromatic rings. The topological polar surface area (TPSA) is 52.6 Å². The van der Waals surface area contributed by atoms with Crippen molar-refractivity contribution in [2.45, 2.75) is 39.0 Å². The average molecular weight is 392 g/mol. The van der Waals surface area contributed by atoms with Gasteiger partial charge in [-0.2, -0.15) is 0 Å². The Labute approximate surface area is 172 Å². The van der Waals surface area contributed by atoms with Crippen molar-refractivity contribution in [3.8, 4) is 5.75 Å². The van der Waals surface area contributed by atoms with E-state index >= 15 is 0 Å². The van der Waals surface area contributed by atoms with Crippen molar-refractivity contribution >= 4 is 17.3 Å². The Morgan fingerprint density at radius 3 is 2.48 bits per heavy atom. The molecule has 4 nitrogen and oxygen atoms in total. The molecule has 1 aliphatic rings. The molecule has 0 saturated heterocycles. The molecule has 0 aliphatic heterocycles. The summed E-state index contributed by atoms with van der Waals surface area (Å²) in [6.07, 6.45) is 2.18. The Morgan fingerprint density at radius 2 is 1.86 bits per heavy atom. The first kappa shape index (κ1) is 20.8. The zero-order chi connectivity index (χ0) is 21.0. The number of carbonyl (C=O) groups excluding carboxylic acids is 2. The minimum Gasteiger partial charge on any atom is -0.497 e. The van der Waals surface area contributed by atoms with Crippen LogP contribution in [0, 0.1) is 5.92 Å². The second kappa shape index (κ2) is 9.08. The minimum atomic E-state index is -0.811. The van der Waals surface area contributed by atoms with Gasteiger partial charge in [-0.05, 0) is 59.7 Å². The minimum absolute atomic E-state index is 0.203. The molecule has 0 heterocycles. The Morgan fingerprint density at radius 1 is 1.14 bits per heavy atom. The molecule has 2 aromatic carbocycles. The van der Waals surface area contributed by atoms with Crippen LogP contribution in [-0.2, 0) is 14.3 Å². The predicted octanol–water partition coefficient (Wildman–Crippen LogP) is 5.14. The van der Waals surface area contributed by atoms with Crippen LogP contribution in [0.1, 0.15) is 55.7 Å². The number of methoxy groups -OCH3 is 1. The number of esters is 1. The highest BCUT2D eigenvalue weighted by Crippen LogP contribution is 2.41. The van der Waals surface area contributed by atoms with Gasteiger partial charge >= 0.3 is 5.97 Å². The largest absolute Gasteiger partial charge is 0.497 e. The molecule has 0 radical (unpaired) electrons. The Kier molecular flexibility index (Phi) is 6.53. The van der Waals surface area contributed by atoms with Crippen molar-refractivity contribution in [2.24, 2.45) is 5.92 Å². The summed E-state index contributed by atoms with van der Waals surface area (Å²) in [4.78, 5) is 25.6. The van der Waals surface area contributed by atoms with E-state index in [0.717, 1.165) is 22.4 Å². The zero-order valence-corrected chi connectivity index (χ0v) is 17.5. The lowest BCUT2D eigenvalue weighted by Crippen LogP contribution is -2.34. The van der Waals surface area contributed by atoms with E-state index in [1.165, 1.54) is 5.56 Å². The second-order valence-corrected chi connectivity index (χ2v) is 7.67. The van der Waals surface area contributed by atoms with E-state index in [-0.39, 0.29) is 18.3 Å². The molecule has 2 unspecified atom stereocenters. The molecule has 1 aliphatic carbocycles. The van der Waals surface area contributed by atoms with Gasteiger partial charge in [-0.3, -0.25) is 9.59 Å². The molecule has 4 heteroatoms. The maximum atomic E-state index is 13.0. The lowest BCUT2D eigenvalue weighted by Gasteiger charge is -2.29. The van der Waals surface area contributed by atoms with Crippen LogP contribution in [0.4, 0.5) is 0 Å². The van der Waals surface area contributed by atoms with Gasteiger partial charge < -0.3 is 9.47 Å². The van der Waals surface area contributed by atoms with Gasteiger partial charge in [0.1, 0.15) is 11.7 Å². The number of rotatable bonds is 6. The maximum Gasteiger partial charge on any atom is 0.317 e. The van der Waals surface area contributed by atoms with Crippen LogP contribution in [-0.4, -0.2) is 25.5 Å². The monoisotopic (exact) mass is 392 g/mol. The Balaban J connectivity index is 2.01. The SMILES string of the molecule is CCOC(=O)C1C(=O)C=C(c2cccc(OC)c2)CC1c1ccc(C(C)C)cc1. The molecular weight excluding hydrogens is 364 g/mol. The van der Waals surface area contributed by atoms with E-state index in [4.69, 9.17) is 9.47 Å². The molecule has 3 rings (SSSR count). The van der Waals surface area contributed by atoms with Gasteiger partial charge in [0.25, 0.3) is 0 Å². The van der Waals surface area contributed by atoms with Crippen LogP contribution in [0.5, 0.6) is 5.75 Å². The van der Waals surface area contributed by atoms with Gasteiger partial charge in [-0.25, -0.2) is 0 Å². The van der Waals surface area contributed by atoms with Crippen molar-refractivity contribution in [1.82, 2.24) is 0 Å². The molecule has 0 amide bonds. The zero-order valence-electron chi connectivity index (χ0n) is 17.5. The van der Waals surface area contributed by atoms with Gasteiger partial charge in [0.2, 0.25) is 0 Å². The molecule has 0 saturated carbocycles. The third-order valence-electron chi connectivity index (χ3n) is 5.48. The number of ketones is 1. The van der Waals surface area contributed by atoms with E-state index < -0.39 is 11.9 Å². The fourth-order valence-electron chi connectivity index (χ4n) is 3.85. The standard InChI is InChI=1S/C25H28O4/c1-5-29-25(27)24-22(18-11-9-17(10-12-18)16(2)3)14-20(15-23(24)26)19-7-6-8-21(13-19)28-4/h6-13,15-16,22,24H,5,14H2,1-4H3. The molecule has 0 aromatic heterocycles. The van der Waals surface area contributed by atoms with Crippen LogP contribution < -0.4 is 4.74 Å². The molecule has 0 fully saturated rings. The summed E-state index contributed by atoms with van der Waals surface area (Å²) in [5, 5.41) is 0. The summed E-state index contributed by atoms with van der Waals surface area (Å²) in [7, 11) is 1.62. The van der Waals surface area contributed by atoms with Crippen molar-refractivity contribution in [2.75, 3.05) is 13.7 Å². The second-order valence-electron chi connectivity index (χ2n) is 7.67. The van der Waals surface area contributed by atoms with Crippen LogP contribution in [0.25, 0.3) is 5.57 Å². The van der Waals surface area contributed by atoms with Gasteiger partial charge in [0, 0.05) is 5.92 Å². The Hall–Kier alpha value is -2.88. The number of hydrogen-bond donors (Lipinski definition) is 0. The number of benzene rings is 2. The molecule has 29 heavy (non-hydrogen) atoms.